The Bertz CT molecular complexity index is 1220. The summed E-state index contributed by atoms with van der Waals surface area (Å²) in [4.78, 5) is 25.7. The average Bonchev–Trinajstić information content (AvgIpc) is 3.27. The number of carbonyl (C=O) groups excluding carboxylic acids is 1. The molecule has 0 unspecified atom stereocenters. The van der Waals surface area contributed by atoms with Crippen molar-refractivity contribution in [2.24, 2.45) is 5.73 Å². The number of thiazole rings is 1. The highest BCUT2D eigenvalue weighted by atomic mass is 32.1. The van der Waals surface area contributed by atoms with Crippen LogP contribution in [0.25, 0.3) is 10.4 Å². The van der Waals surface area contributed by atoms with Crippen molar-refractivity contribution >= 4 is 29.0 Å². The molecule has 1 saturated heterocycles. The zero-order valence-electron chi connectivity index (χ0n) is 19.7. The SMILES string of the molecule is Cc1cc(Nc2nccc(C(F)(F)F)n2)cc(-c2cnc(CCCC3(O)CCN(C(N)=O)CC3)s2)c1. The van der Waals surface area contributed by atoms with Crippen molar-refractivity contribution in [2.45, 2.75) is 50.8 Å². The van der Waals surface area contributed by atoms with Crippen LogP contribution < -0.4 is 11.1 Å². The maximum atomic E-state index is 13.0. The zero-order valence-corrected chi connectivity index (χ0v) is 20.5. The van der Waals surface area contributed by atoms with E-state index in [1.807, 2.05) is 19.1 Å². The van der Waals surface area contributed by atoms with Crippen molar-refractivity contribution in [3.8, 4) is 10.4 Å². The largest absolute Gasteiger partial charge is 0.433 e. The molecule has 12 heteroatoms. The lowest BCUT2D eigenvalue weighted by Crippen LogP contribution is -2.48. The number of aliphatic hydroxyl groups is 1. The summed E-state index contributed by atoms with van der Waals surface area (Å²) in [5.74, 6) is -0.133. The van der Waals surface area contributed by atoms with E-state index in [0.29, 0.717) is 44.5 Å². The molecule has 3 aromatic rings. The summed E-state index contributed by atoms with van der Waals surface area (Å²) >= 11 is 1.54. The molecule has 0 atom stereocenters. The summed E-state index contributed by atoms with van der Waals surface area (Å²) < 4.78 is 38.9. The van der Waals surface area contributed by atoms with Gasteiger partial charge in [-0.1, -0.05) is 6.07 Å². The number of aromatic nitrogens is 3. The number of urea groups is 1. The van der Waals surface area contributed by atoms with E-state index in [1.165, 1.54) is 11.3 Å². The molecule has 2 amide bonds. The Balaban J connectivity index is 1.38. The van der Waals surface area contributed by atoms with Crippen LogP contribution in [-0.2, 0) is 12.6 Å². The molecule has 192 valence electrons. The molecule has 3 heterocycles. The third-order valence-corrected chi connectivity index (χ3v) is 7.26. The first-order valence-corrected chi connectivity index (χ1v) is 12.3. The van der Waals surface area contributed by atoms with Crippen LogP contribution in [0.15, 0.2) is 36.7 Å². The maximum Gasteiger partial charge on any atom is 0.433 e. The van der Waals surface area contributed by atoms with Gasteiger partial charge in [0.25, 0.3) is 0 Å². The van der Waals surface area contributed by atoms with Gasteiger partial charge in [0.1, 0.15) is 5.69 Å². The number of carbonyl (C=O) groups is 1. The Kier molecular flexibility index (Phi) is 7.46. The van der Waals surface area contributed by atoms with Crippen LogP contribution in [0.4, 0.5) is 29.6 Å². The lowest BCUT2D eigenvalue weighted by molar-refractivity contribution is -0.141. The predicted octanol–water partition coefficient (Wildman–Crippen LogP) is 4.90. The molecular formula is C24H27F3N6O2S. The molecule has 0 saturated carbocycles. The fourth-order valence-corrected chi connectivity index (χ4v) is 5.17. The number of piperidine rings is 1. The zero-order chi connectivity index (χ0) is 25.9. The Hall–Kier alpha value is -3.25. The molecule has 1 fully saturated rings. The van der Waals surface area contributed by atoms with Crippen molar-refractivity contribution < 1.29 is 23.1 Å². The number of halogens is 3. The molecule has 0 spiro atoms. The first-order valence-electron chi connectivity index (χ1n) is 11.5. The second kappa shape index (κ2) is 10.4. The maximum absolute atomic E-state index is 13.0. The van der Waals surface area contributed by atoms with Gasteiger partial charge in [-0.2, -0.15) is 13.2 Å². The van der Waals surface area contributed by atoms with Crippen LogP contribution >= 0.6 is 11.3 Å². The first kappa shape index (κ1) is 25.8. The standard InChI is InChI=1S/C24H27F3N6O2S/c1-15-11-16(13-17(12-15)31-22-29-8-4-19(32-22)24(25,26)27)18-14-30-20(36-18)3-2-5-23(35)6-9-33(10-7-23)21(28)34/h4,8,11-14,35H,2-3,5-7,9-10H2,1H3,(H2,28,34)(H,29,31,32). The van der Waals surface area contributed by atoms with Gasteiger partial charge in [0.15, 0.2) is 0 Å². The van der Waals surface area contributed by atoms with Crippen molar-refractivity contribution in [1.82, 2.24) is 19.9 Å². The van der Waals surface area contributed by atoms with E-state index in [2.05, 4.69) is 20.3 Å². The van der Waals surface area contributed by atoms with Gasteiger partial charge >= 0.3 is 12.2 Å². The molecule has 1 aliphatic rings. The van der Waals surface area contributed by atoms with Gasteiger partial charge < -0.3 is 21.1 Å². The number of amides is 2. The molecule has 0 aliphatic carbocycles. The van der Waals surface area contributed by atoms with Crippen molar-refractivity contribution in [3.05, 3.63) is 52.9 Å². The molecule has 1 aliphatic heterocycles. The van der Waals surface area contributed by atoms with E-state index in [1.54, 1.807) is 17.2 Å². The van der Waals surface area contributed by atoms with Gasteiger partial charge in [-0.3, -0.25) is 0 Å². The molecular weight excluding hydrogens is 493 g/mol. The number of hydrogen-bond acceptors (Lipinski definition) is 7. The molecule has 4 rings (SSSR count). The van der Waals surface area contributed by atoms with Gasteiger partial charge in [0, 0.05) is 31.2 Å². The van der Waals surface area contributed by atoms with Gasteiger partial charge in [0.05, 0.1) is 15.5 Å². The quantitative estimate of drug-likeness (QED) is 0.408. The molecule has 8 nitrogen and oxygen atoms in total. The number of benzene rings is 1. The van der Waals surface area contributed by atoms with Crippen molar-refractivity contribution in [1.29, 1.82) is 0 Å². The Morgan fingerprint density at radius 1 is 1.25 bits per heavy atom. The number of nitrogens with one attached hydrogen (secondary N) is 1. The second-order valence-corrected chi connectivity index (χ2v) is 10.1. The van der Waals surface area contributed by atoms with Crippen LogP contribution in [0.5, 0.6) is 0 Å². The summed E-state index contributed by atoms with van der Waals surface area (Å²) in [6.07, 6.45) is 1.40. The lowest BCUT2D eigenvalue weighted by Gasteiger charge is -2.37. The van der Waals surface area contributed by atoms with E-state index < -0.39 is 23.5 Å². The van der Waals surface area contributed by atoms with E-state index in [-0.39, 0.29) is 5.95 Å². The van der Waals surface area contributed by atoms with Crippen molar-refractivity contribution in [3.63, 3.8) is 0 Å². The van der Waals surface area contributed by atoms with Gasteiger partial charge in [-0.15, -0.1) is 11.3 Å². The minimum absolute atomic E-state index is 0.133. The number of rotatable bonds is 7. The summed E-state index contributed by atoms with van der Waals surface area (Å²) in [5, 5.41) is 14.6. The highest BCUT2D eigenvalue weighted by Crippen LogP contribution is 2.33. The molecule has 4 N–H and O–H groups in total. The van der Waals surface area contributed by atoms with Gasteiger partial charge in [-0.25, -0.2) is 19.7 Å². The second-order valence-electron chi connectivity index (χ2n) is 9.00. The van der Waals surface area contributed by atoms with E-state index in [9.17, 15) is 23.1 Å². The molecule has 36 heavy (non-hydrogen) atoms. The number of alkyl halides is 3. The normalized spacial score (nSPS) is 15.6. The van der Waals surface area contributed by atoms with Gasteiger partial charge in [0.2, 0.25) is 5.95 Å². The van der Waals surface area contributed by atoms with Crippen LogP contribution in [-0.4, -0.2) is 49.7 Å². The highest BCUT2D eigenvalue weighted by molar-refractivity contribution is 7.15. The number of anilines is 2. The number of aryl methyl sites for hydroxylation is 2. The summed E-state index contributed by atoms with van der Waals surface area (Å²) in [5.41, 5.74) is 5.87. The number of hydrogen-bond donors (Lipinski definition) is 3. The van der Waals surface area contributed by atoms with E-state index in [4.69, 9.17) is 5.73 Å². The Morgan fingerprint density at radius 3 is 2.69 bits per heavy atom. The minimum atomic E-state index is -4.55. The van der Waals surface area contributed by atoms with Crippen LogP contribution in [0, 0.1) is 6.92 Å². The smallest absolute Gasteiger partial charge is 0.390 e. The monoisotopic (exact) mass is 520 g/mol. The summed E-state index contributed by atoms with van der Waals surface area (Å²) in [7, 11) is 0. The molecule has 1 aromatic carbocycles. The third kappa shape index (κ3) is 6.49. The van der Waals surface area contributed by atoms with Gasteiger partial charge in [-0.05, 0) is 68.4 Å². The number of nitrogens with two attached hydrogens (primary N) is 1. The lowest BCUT2D eigenvalue weighted by atomic mass is 9.86. The average molecular weight is 521 g/mol. The Morgan fingerprint density at radius 2 is 2.00 bits per heavy atom. The Labute approximate surface area is 210 Å². The minimum Gasteiger partial charge on any atom is -0.390 e. The van der Waals surface area contributed by atoms with E-state index in [0.717, 1.165) is 39.7 Å². The number of primary amides is 1. The molecule has 0 bridgehead atoms. The first-order chi connectivity index (χ1) is 17.0. The number of nitrogens with zero attached hydrogens (tertiary/aromatic N) is 4. The fraction of sp³-hybridized carbons (Fsp3) is 0.417. The topological polar surface area (TPSA) is 117 Å². The van der Waals surface area contributed by atoms with Crippen LogP contribution in [0.2, 0.25) is 0 Å². The third-order valence-electron chi connectivity index (χ3n) is 6.16. The molecule has 2 aromatic heterocycles. The summed E-state index contributed by atoms with van der Waals surface area (Å²) in [6, 6.07) is 5.98. The number of likely N-dealkylation sites (tertiary alicyclic amines) is 1. The molecule has 0 radical (unpaired) electrons. The predicted molar refractivity (Wildman–Crippen MR) is 131 cm³/mol. The highest BCUT2D eigenvalue weighted by Gasteiger charge is 2.33. The fourth-order valence-electron chi connectivity index (χ4n) is 4.22. The van der Waals surface area contributed by atoms with Crippen molar-refractivity contribution in [2.75, 3.05) is 18.4 Å². The summed E-state index contributed by atoms with van der Waals surface area (Å²) in [6.45, 7) is 2.82. The van der Waals surface area contributed by atoms with Crippen LogP contribution in [0.1, 0.15) is 41.9 Å². The van der Waals surface area contributed by atoms with Crippen LogP contribution in [0.3, 0.4) is 0 Å². The van der Waals surface area contributed by atoms with E-state index >= 15 is 0 Å².